The number of thioether (sulfide) groups is 1. The van der Waals surface area contributed by atoms with Crippen LogP contribution in [0.15, 0.2) is 64.5 Å². The Morgan fingerprint density at radius 3 is 2.45 bits per heavy atom. The molecule has 0 spiro atoms. The number of aromatic amines is 1. The summed E-state index contributed by atoms with van der Waals surface area (Å²) in [6.07, 6.45) is 0. The lowest BCUT2D eigenvalue weighted by atomic mass is 9.87. The van der Waals surface area contributed by atoms with E-state index in [4.69, 9.17) is 4.74 Å². The normalized spacial score (nSPS) is 11.7. The molecule has 2 aromatic carbocycles. The Morgan fingerprint density at radius 2 is 1.77 bits per heavy atom. The molecule has 0 atom stereocenters. The molecule has 0 amide bonds. The standard InChI is InChI=1S/C23H23FN4O2S/c1-23(2,3)16-6-10-18(11-7-16)30-12-13-31-22-26-21(15-4-8-17(24)9-5-15)25-19-14-20(29)27-28(19)22/h4-11,14H,12-13H2,1-3H3,(H,27,29). The molecule has 0 radical (unpaired) electrons. The number of H-pyrrole nitrogens is 1. The van der Waals surface area contributed by atoms with Crippen molar-refractivity contribution >= 4 is 17.4 Å². The summed E-state index contributed by atoms with van der Waals surface area (Å²) in [4.78, 5) is 20.8. The Labute approximate surface area is 183 Å². The highest BCUT2D eigenvalue weighted by Gasteiger charge is 2.14. The van der Waals surface area contributed by atoms with E-state index in [9.17, 15) is 9.18 Å². The van der Waals surface area contributed by atoms with Gasteiger partial charge in [0.15, 0.2) is 16.6 Å². The third-order valence-electron chi connectivity index (χ3n) is 4.73. The van der Waals surface area contributed by atoms with E-state index in [1.807, 2.05) is 12.1 Å². The molecule has 0 bridgehead atoms. The molecule has 6 nitrogen and oxygen atoms in total. The maximum Gasteiger partial charge on any atom is 0.266 e. The largest absolute Gasteiger partial charge is 0.493 e. The smallest absolute Gasteiger partial charge is 0.266 e. The highest BCUT2D eigenvalue weighted by atomic mass is 32.2. The van der Waals surface area contributed by atoms with Crippen molar-refractivity contribution in [3.63, 3.8) is 0 Å². The summed E-state index contributed by atoms with van der Waals surface area (Å²) in [7, 11) is 0. The van der Waals surface area contributed by atoms with E-state index < -0.39 is 0 Å². The van der Waals surface area contributed by atoms with Crippen LogP contribution in [0.5, 0.6) is 5.75 Å². The van der Waals surface area contributed by atoms with Gasteiger partial charge in [0, 0.05) is 17.4 Å². The SMILES string of the molecule is CC(C)(C)c1ccc(OCCSc2nc(-c3ccc(F)cc3)nc3cc(=O)[nH]n23)cc1. The van der Waals surface area contributed by atoms with Crippen molar-refractivity contribution in [1.29, 1.82) is 0 Å². The topological polar surface area (TPSA) is 72.3 Å². The number of hydrogen-bond acceptors (Lipinski definition) is 5. The first-order chi connectivity index (χ1) is 14.8. The number of hydrogen-bond donors (Lipinski definition) is 1. The van der Waals surface area contributed by atoms with Crippen LogP contribution in [0, 0.1) is 5.82 Å². The Bertz CT molecular complexity index is 1240. The predicted octanol–water partition coefficient (Wildman–Crippen LogP) is 4.69. The second-order valence-electron chi connectivity index (χ2n) is 8.12. The maximum absolute atomic E-state index is 13.3. The second-order valence-corrected chi connectivity index (χ2v) is 9.18. The Hall–Kier alpha value is -3.13. The molecule has 0 unspecified atom stereocenters. The number of halogens is 1. The summed E-state index contributed by atoms with van der Waals surface area (Å²) in [5, 5.41) is 3.29. The van der Waals surface area contributed by atoms with Crippen LogP contribution in [-0.4, -0.2) is 31.9 Å². The van der Waals surface area contributed by atoms with Gasteiger partial charge in [0.05, 0.1) is 6.61 Å². The zero-order valence-corrected chi connectivity index (χ0v) is 18.4. The zero-order chi connectivity index (χ0) is 22.0. The van der Waals surface area contributed by atoms with Crippen molar-refractivity contribution < 1.29 is 9.13 Å². The molecule has 0 aliphatic rings. The molecule has 1 N–H and O–H groups in total. The van der Waals surface area contributed by atoms with Gasteiger partial charge in [0.1, 0.15) is 11.6 Å². The summed E-state index contributed by atoms with van der Waals surface area (Å²) in [6, 6.07) is 15.5. The Balaban J connectivity index is 1.47. The Kier molecular flexibility index (Phi) is 5.82. The molecule has 4 aromatic rings. The molecule has 0 saturated heterocycles. The molecule has 0 fully saturated rings. The number of rotatable bonds is 6. The molecular weight excluding hydrogens is 415 g/mol. The molecule has 2 aromatic heterocycles. The molecule has 31 heavy (non-hydrogen) atoms. The third-order valence-corrected chi connectivity index (χ3v) is 5.63. The van der Waals surface area contributed by atoms with Crippen LogP contribution in [0.1, 0.15) is 26.3 Å². The number of nitrogens with one attached hydrogen (secondary N) is 1. The van der Waals surface area contributed by atoms with Gasteiger partial charge >= 0.3 is 0 Å². The van der Waals surface area contributed by atoms with E-state index in [1.54, 1.807) is 16.6 Å². The fraction of sp³-hybridized carbons (Fsp3) is 0.261. The van der Waals surface area contributed by atoms with Crippen LogP contribution < -0.4 is 10.3 Å². The number of ether oxygens (including phenoxy) is 1. The zero-order valence-electron chi connectivity index (χ0n) is 17.6. The highest BCUT2D eigenvalue weighted by Crippen LogP contribution is 2.25. The van der Waals surface area contributed by atoms with Crippen LogP contribution in [0.25, 0.3) is 17.0 Å². The van der Waals surface area contributed by atoms with Gasteiger partial charge in [-0.3, -0.25) is 9.89 Å². The molecule has 0 saturated carbocycles. The van der Waals surface area contributed by atoms with E-state index in [2.05, 4.69) is 48.0 Å². The third kappa shape index (κ3) is 4.96. The van der Waals surface area contributed by atoms with Crippen molar-refractivity contribution in [2.75, 3.05) is 12.4 Å². The van der Waals surface area contributed by atoms with Crippen LogP contribution in [0.2, 0.25) is 0 Å². The molecule has 2 heterocycles. The summed E-state index contributed by atoms with van der Waals surface area (Å²) < 4.78 is 20.7. The van der Waals surface area contributed by atoms with Crippen molar-refractivity contribution in [2.45, 2.75) is 31.3 Å². The van der Waals surface area contributed by atoms with E-state index >= 15 is 0 Å². The van der Waals surface area contributed by atoms with Gasteiger partial charge in [-0.25, -0.2) is 18.9 Å². The molecule has 0 aliphatic carbocycles. The van der Waals surface area contributed by atoms with Crippen LogP contribution in [-0.2, 0) is 5.41 Å². The number of fused-ring (bicyclic) bond motifs is 1. The number of benzene rings is 2. The van der Waals surface area contributed by atoms with Crippen LogP contribution in [0.3, 0.4) is 0 Å². The van der Waals surface area contributed by atoms with Crippen molar-refractivity contribution in [3.8, 4) is 17.1 Å². The van der Waals surface area contributed by atoms with Gasteiger partial charge in [-0.1, -0.05) is 44.7 Å². The first-order valence-electron chi connectivity index (χ1n) is 9.91. The first-order valence-corrected chi connectivity index (χ1v) is 10.9. The van der Waals surface area contributed by atoms with Crippen molar-refractivity contribution in [1.82, 2.24) is 19.6 Å². The van der Waals surface area contributed by atoms with E-state index in [0.29, 0.717) is 34.6 Å². The fourth-order valence-corrected chi connectivity index (χ4v) is 3.82. The monoisotopic (exact) mass is 438 g/mol. The van der Waals surface area contributed by atoms with E-state index in [-0.39, 0.29) is 16.8 Å². The summed E-state index contributed by atoms with van der Waals surface area (Å²) in [5.41, 5.74) is 2.23. The minimum Gasteiger partial charge on any atom is -0.493 e. The average molecular weight is 439 g/mol. The van der Waals surface area contributed by atoms with Gasteiger partial charge in [-0.2, -0.15) is 0 Å². The van der Waals surface area contributed by atoms with Gasteiger partial charge in [-0.05, 0) is 47.4 Å². The quantitative estimate of drug-likeness (QED) is 0.349. The summed E-state index contributed by atoms with van der Waals surface area (Å²) >= 11 is 1.44. The lowest BCUT2D eigenvalue weighted by Crippen LogP contribution is -2.10. The molecule has 160 valence electrons. The van der Waals surface area contributed by atoms with E-state index in [1.165, 1.54) is 35.5 Å². The minimum absolute atomic E-state index is 0.0999. The lowest BCUT2D eigenvalue weighted by Gasteiger charge is -2.19. The number of nitrogens with zero attached hydrogens (tertiary/aromatic N) is 3. The van der Waals surface area contributed by atoms with Gasteiger partial charge in [-0.15, -0.1) is 0 Å². The van der Waals surface area contributed by atoms with Gasteiger partial charge < -0.3 is 4.74 Å². The molecular formula is C23H23FN4O2S. The fourth-order valence-electron chi connectivity index (χ4n) is 3.05. The van der Waals surface area contributed by atoms with Crippen molar-refractivity contribution in [2.24, 2.45) is 0 Å². The number of aromatic nitrogens is 4. The first kappa shape index (κ1) is 21.1. The van der Waals surface area contributed by atoms with Crippen LogP contribution >= 0.6 is 11.8 Å². The summed E-state index contributed by atoms with van der Waals surface area (Å²) in [5.74, 6) is 1.53. The van der Waals surface area contributed by atoms with Crippen LogP contribution in [0.4, 0.5) is 4.39 Å². The van der Waals surface area contributed by atoms with Gasteiger partial charge in [0.25, 0.3) is 5.56 Å². The van der Waals surface area contributed by atoms with Gasteiger partial charge in [0.2, 0.25) is 0 Å². The highest BCUT2D eigenvalue weighted by molar-refractivity contribution is 7.99. The van der Waals surface area contributed by atoms with Crippen molar-refractivity contribution in [3.05, 3.63) is 76.3 Å². The summed E-state index contributed by atoms with van der Waals surface area (Å²) in [6.45, 7) is 7.00. The predicted molar refractivity (Wildman–Crippen MR) is 120 cm³/mol. The lowest BCUT2D eigenvalue weighted by molar-refractivity contribution is 0.343. The maximum atomic E-state index is 13.3. The molecule has 0 aliphatic heterocycles. The Morgan fingerprint density at radius 1 is 1.06 bits per heavy atom. The average Bonchev–Trinajstić information content (AvgIpc) is 3.11. The molecule has 8 heteroatoms. The second kappa shape index (κ2) is 8.55. The van der Waals surface area contributed by atoms with E-state index in [0.717, 1.165) is 5.75 Å². The molecule has 4 rings (SSSR count). The minimum atomic E-state index is -0.329.